The first-order chi connectivity index (χ1) is 8.16. The van der Waals surface area contributed by atoms with E-state index in [1.165, 1.54) is 0 Å². The van der Waals surface area contributed by atoms with Crippen molar-refractivity contribution in [1.82, 2.24) is 0 Å². The predicted octanol–water partition coefficient (Wildman–Crippen LogP) is 4.17. The van der Waals surface area contributed by atoms with Gasteiger partial charge in [0.25, 0.3) is 0 Å². The molecule has 1 atom stereocenters. The number of Topliss-reactive ketones (excluding diaryl/α,β-unsaturated/α-hetero) is 1. The molecule has 1 saturated carbocycles. The van der Waals surface area contributed by atoms with Crippen LogP contribution in [-0.2, 0) is 11.2 Å². The summed E-state index contributed by atoms with van der Waals surface area (Å²) in [5, 5.41) is 0.169. The normalized spacial score (nSPS) is 21.3. The molecule has 1 fully saturated rings. The molecule has 17 heavy (non-hydrogen) atoms. The van der Waals surface area contributed by atoms with Gasteiger partial charge in [-0.25, -0.2) is 4.39 Å². The van der Waals surface area contributed by atoms with Crippen molar-refractivity contribution in [2.45, 2.75) is 38.5 Å². The minimum Gasteiger partial charge on any atom is -0.300 e. The monoisotopic (exact) mass is 254 g/mol. The SMILES string of the molecule is O=C1CCCCC(Cc2cccc(Cl)c2F)C1. The van der Waals surface area contributed by atoms with Crippen LogP contribution in [0.4, 0.5) is 4.39 Å². The van der Waals surface area contributed by atoms with Gasteiger partial charge in [0.1, 0.15) is 11.6 Å². The molecular weight excluding hydrogens is 239 g/mol. The topological polar surface area (TPSA) is 17.1 Å². The number of halogens is 2. The third-order valence-electron chi connectivity index (χ3n) is 3.37. The Morgan fingerprint density at radius 3 is 3.00 bits per heavy atom. The van der Waals surface area contributed by atoms with Crippen LogP contribution in [0.2, 0.25) is 5.02 Å². The third-order valence-corrected chi connectivity index (χ3v) is 3.67. The first kappa shape index (κ1) is 12.6. The maximum Gasteiger partial charge on any atom is 0.144 e. The van der Waals surface area contributed by atoms with Gasteiger partial charge in [-0.1, -0.05) is 30.2 Å². The van der Waals surface area contributed by atoms with Gasteiger partial charge in [-0.2, -0.15) is 0 Å². The van der Waals surface area contributed by atoms with Crippen LogP contribution in [0.1, 0.15) is 37.7 Å². The second kappa shape index (κ2) is 5.63. The first-order valence-corrected chi connectivity index (χ1v) is 6.49. The summed E-state index contributed by atoms with van der Waals surface area (Å²) in [7, 11) is 0. The van der Waals surface area contributed by atoms with E-state index in [1.54, 1.807) is 18.2 Å². The standard InChI is InChI=1S/C14H16ClFO/c15-13-7-3-5-11(14(13)16)8-10-4-1-2-6-12(17)9-10/h3,5,7,10H,1-2,4,6,8-9H2. The van der Waals surface area contributed by atoms with Crippen molar-refractivity contribution in [1.29, 1.82) is 0 Å². The number of carbonyl (C=O) groups excluding carboxylic acids is 1. The van der Waals surface area contributed by atoms with E-state index in [1.807, 2.05) is 0 Å². The molecule has 0 aromatic heterocycles. The van der Waals surface area contributed by atoms with Crippen LogP contribution in [0.3, 0.4) is 0 Å². The maximum atomic E-state index is 13.7. The minimum absolute atomic E-state index is 0.169. The minimum atomic E-state index is -0.328. The van der Waals surface area contributed by atoms with Gasteiger partial charge in [-0.15, -0.1) is 0 Å². The van der Waals surface area contributed by atoms with Gasteiger partial charge in [0.05, 0.1) is 5.02 Å². The third kappa shape index (κ3) is 3.29. The predicted molar refractivity (Wildman–Crippen MR) is 66.7 cm³/mol. The van der Waals surface area contributed by atoms with E-state index in [0.717, 1.165) is 19.3 Å². The van der Waals surface area contributed by atoms with E-state index in [-0.39, 0.29) is 16.8 Å². The quantitative estimate of drug-likeness (QED) is 0.724. The summed E-state index contributed by atoms with van der Waals surface area (Å²) in [6, 6.07) is 5.08. The molecule has 1 aliphatic carbocycles. The lowest BCUT2D eigenvalue weighted by molar-refractivity contribution is -0.119. The summed E-state index contributed by atoms with van der Waals surface area (Å²) in [5.41, 5.74) is 0.636. The van der Waals surface area contributed by atoms with E-state index in [0.29, 0.717) is 30.6 Å². The number of hydrogen-bond acceptors (Lipinski definition) is 1. The Kier molecular flexibility index (Phi) is 4.16. The molecule has 1 nitrogen and oxygen atoms in total. The number of rotatable bonds is 2. The average molecular weight is 255 g/mol. The van der Waals surface area contributed by atoms with Gasteiger partial charge in [0.2, 0.25) is 0 Å². The second-order valence-corrected chi connectivity index (χ2v) is 5.18. The number of hydrogen-bond donors (Lipinski definition) is 0. The summed E-state index contributed by atoms with van der Waals surface area (Å²) in [6.45, 7) is 0. The first-order valence-electron chi connectivity index (χ1n) is 6.11. The molecule has 1 unspecified atom stereocenters. The molecular formula is C14H16ClFO. The number of ketones is 1. The van der Waals surface area contributed by atoms with Gasteiger partial charge < -0.3 is 0 Å². The molecule has 92 valence electrons. The summed E-state index contributed by atoms with van der Waals surface area (Å²) in [5.74, 6) is 0.263. The zero-order valence-electron chi connectivity index (χ0n) is 9.72. The van der Waals surface area contributed by atoms with Crippen LogP contribution in [0.15, 0.2) is 18.2 Å². The van der Waals surface area contributed by atoms with Crippen molar-refractivity contribution in [2.75, 3.05) is 0 Å². The van der Waals surface area contributed by atoms with Crippen molar-refractivity contribution >= 4 is 17.4 Å². The zero-order valence-corrected chi connectivity index (χ0v) is 10.5. The van der Waals surface area contributed by atoms with E-state index < -0.39 is 0 Å². The molecule has 0 N–H and O–H groups in total. The smallest absolute Gasteiger partial charge is 0.144 e. The molecule has 1 aliphatic rings. The number of carbonyl (C=O) groups is 1. The zero-order chi connectivity index (χ0) is 12.3. The van der Waals surface area contributed by atoms with Crippen LogP contribution in [0, 0.1) is 11.7 Å². The molecule has 0 amide bonds. The lowest BCUT2D eigenvalue weighted by atomic mass is 9.92. The molecule has 1 aromatic carbocycles. The Morgan fingerprint density at radius 2 is 2.18 bits per heavy atom. The fourth-order valence-corrected chi connectivity index (χ4v) is 2.67. The van der Waals surface area contributed by atoms with Crippen LogP contribution in [0.5, 0.6) is 0 Å². The average Bonchev–Trinajstić information content (AvgIpc) is 2.49. The Morgan fingerprint density at radius 1 is 1.35 bits per heavy atom. The molecule has 0 bridgehead atoms. The van der Waals surface area contributed by atoms with Crippen molar-refractivity contribution in [3.63, 3.8) is 0 Å². The highest BCUT2D eigenvalue weighted by atomic mass is 35.5. The van der Waals surface area contributed by atoms with Crippen molar-refractivity contribution in [3.8, 4) is 0 Å². The van der Waals surface area contributed by atoms with Gasteiger partial charge in [0, 0.05) is 12.8 Å². The maximum absolute atomic E-state index is 13.7. The highest BCUT2D eigenvalue weighted by Crippen LogP contribution is 2.27. The second-order valence-electron chi connectivity index (χ2n) is 4.77. The molecule has 0 spiro atoms. The fraction of sp³-hybridized carbons (Fsp3) is 0.500. The lowest BCUT2D eigenvalue weighted by Crippen LogP contribution is -2.09. The summed E-state index contributed by atoms with van der Waals surface area (Å²) in [4.78, 5) is 11.5. The molecule has 0 radical (unpaired) electrons. The van der Waals surface area contributed by atoms with Gasteiger partial charge in [-0.05, 0) is 36.8 Å². The Bertz CT molecular complexity index is 417. The lowest BCUT2D eigenvalue weighted by Gasteiger charge is -2.14. The van der Waals surface area contributed by atoms with Crippen LogP contribution >= 0.6 is 11.6 Å². The molecule has 0 aliphatic heterocycles. The van der Waals surface area contributed by atoms with E-state index in [2.05, 4.69) is 0 Å². The Labute approximate surface area is 106 Å². The summed E-state index contributed by atoms with van der Waals surface area (Å²) < 4.78 is 13.7. The van der Waals surface area contributed by atoms with E-state index >= 15 is 0 Å². The van der Waals surface area contributed by atoms with Crippen LogP contribution < -0.4 is 0 Å². The Balaban J connectivity index is 2.09. The van der Waals surface area contributed by atoms with Gasteiger partial charge in [-0.3, -0.25) is 4.79 Å². The van der Waals surface area contributed by atoms with E-state index in [9.17, 15) is 9.18 Å². The summed E-state index contributed by atoms with van der Waals surface area (Å²) in [6.07, 6.45) is 4.96. The highest BCUT2D eigenvalue weighted by molar-refractivity contribution is 6.30. The molecule has 3 heteroatoms. The van der Waals surface area contributed by atoms with Gasteiger partial charge >= 0.3 is 0 Å². The van der Waals surface area contributed by atoms with E-state index in [4.69, 9.17) is 11.6 Å². The Hall–Kier alpha value is -0.890. The van der Waals surface area contributed by atoms with Gasteiger partial charge in [0.15, 0.2) is 0 Å². The molecule has 1 aromatic rings. The highest BCUT2D eigenvalue weighted by Gasteiger charge is 2.19. The fourth-order valence-electron chi connectivity index (χ4n) is 2.47. The summed E-state index contributed by atoms with van der Waals surface area (Å²) >= 11 is 5.75. The molecule has 0 heterocycles. The number of benzene rings is 1. The molecule has 2 rings (SSSR count). The van der Waals surface area contributed by atoms with Crippen LogP contribution in [0.25, 0.3) is 0 Å². The van der Waals surface area contributed by atoms with Crippen molar-refractivity contribution < 1.29 is 9.18 Å². The van der Waals surface area contributed by atoms with Crippen molar-refractivity contribution in [2.24, 2.45) is 5.92 Å². The van der Waals surface area contributed by atoms with Crippen molar-refractivity contribution in [3.05, 3.63) is 34.6 Å². The largest absolute Gasteiger partial charge is 0.300 e. The van der Waals surface area contributed by atoms with Crippen LogP contribution in [-0.4, -0.2) is 5.78 Å². The molecule has 0 saturated heterocycles.